The number of rotatable bonds is 3. The zero-order chi connectivity index (χ0) is 13.0. The first-order valence-electron chi connectivity index (χ1n) is 6.24. The summed E-state index contributed by atoms with van der Waals surface area (Å²) in [7, 11) is 0. The van der Waals surface area contributed by atoms with Crippen LogP contribution >= 0.6 is 0 Å². The molecule has 1 fully saturated rings. The Morgan fingerprint density at radius 3 is 2.72 bits per heavy atom. The number of carbonyl (C=O) groups excluding carboxylic acids is 1. The van der Waals surface area contributed by atoms with Gasteiger partial charge in [-0.1, -0.05) is 19.3 Å². The molecule has 0 saturated heterocycles. The Morgan fingerprint density at radius 2 is 2.06 bits per heavy atom. The summed E-state index contributed by atoms with van der Waals surface area (Å²) in [5.41, 5.74) is -1.01. The SMILES string of the molecule is O=C(Cn1ccc(=O)[nH]c1=O)NC1CCCCC1. The first-order valence-corrected chi connectivity index (χ1v) is 6.24. The van der Waals surface area contributed by atoms with Crippen LogP contribution < -0.4 is 16.6 Å². The fourth-order valence-corrected chi connectivity index (χ4v) is 2.24. The monoisotopic (exact) mass is 251 g/mol. The number of carbonyl (C=O) groups is 1. The molecule has 1 amide bonds. The highest BCUT2D eigenvalue weighted by atomic mass is 16.2. The van der Waals surface area contributed by atoms with Gasteiger partial charge in [-0.2, -0.15) is 0 Å². The van der Waals surface area contributed by atoms with Crippen LogP contribution in [0, 0.1) is 0 Å². The van der Waals surface area contributed by atoms with Crippen molar-refractivity contribution in [3.05, 3.63) is 33.1 Å². The van der Waals surface area contributed by atoms with Gasteiger partial charge < -0.3 is 5.32 Å². The second kappa shape index (κ2) is 5.66. The van der Waals surface area contributed by atoms with E-state index in [1.165, 1.54) is 23.3 Å². The maximum Gasteiger partial charge on any atom is 0.328 e. The highest BCUT2D eigenvalue weighted by Crippen LogP contribution is 2.17. The number of nitrogens with zero attached hydrogens (tertiary/aromatic N) is 1. The molecule has 1 aromatic heterocycles. The van der Waals surface area contributed by atoms with Gasteiger partial charge >= 0.3 is 5.69 Å². The van der Waals surface area contributed by atoms with Gasteiger partial charge in [0.15, 0.2) is 0 Å². The number of hydrogen-bond donors (Lipinski definition) is 2. The molecule has 0 radical (unpaired) electrons. The van der Waals surface area contributed by atoms with E-state index in [2.05, 4.69) is 10.3 Å². The summed E-state index contributed by atoms with van der Waals surface area (Å²) in [6.45, 7) is -0.0495. The molecule has 0 unspecified atom stereocenters. The lowest BCUT2D eigenvalue weighted by atomic mass is 9.95. The minimum absolute atomic E-state index is 0.0495. The zero-order valence-electron chi connectivity index (χ0n) is 10.1. The van der Waals surface area contributed by atoms with E-state index in [1.807, 2.05) is 0 Å². The molecular formula is C12H17N3O3. The van der Waals surface area contributed by atoms with Gasteiger partial charge in [-0.15, -0.1) is 0 Å². The summed E-state index contributed by atoms with van der Waals surface area (Å²) in [5, 5.41) is 2.92. The summed E-state index contributed by atoms with van der Waals surface area (Å²) in [6.07, 6.45) is 6.86. The van der Waals surface area contributed by atoms with Gasteiger partial charge in [0.2, 0.25) is 5.91 Å². The maximum atomic E-state index is 11.8. The minimum Gasteiger partial charge on any atom is -0.352 e. The van der Waals surface area contributed by atoms with Crippen LogP contribution in [0.25, 0.3) is 0 Å². The van der Waals surface area contributed by atoms with Crippen LogP contribution in [0.3, 0.4) is 0 Å². The Labute approximate surface area is 104 Å². The molecule has 0 aromatic carbocycles. The Balaban J connectivity index is 1.94. The molecule has 2 rings (SSSR count). The fraction of sp³-hybridized carbons (Fsp3) is 0.583. The summed E-state index contributed by atoms with van der Waals surface area (Å²) in [5.74, 6) is -0.184. The topological polar surface area (TPSA) is 84.0 Å². The zero-order valence-corrected chi connectivity index (χ0v) is 10.1. The lowest BCUT2D eigenvalue weighted by Gasteiger charge is -2.22. The quantitative estimate of drug-likeness (QED) is 0.792. The molecule has 6 heteroatoms. The van der Waals surface area contributed by atoms with E-state index in [1.54, 1.807) is 0 Å². The average Bonchev–Trinajstić information content (AvgIpc) is 2.34. The molecule has 1 aliphatic carbocycles. The third kappa shape index (κ3) is 3.32. The summed E-state index contributed by atoms with van der Waals surface area (Å²) >= 11 is 0. The molecular weight excluding hydrogens is 234 g/mol. The van der Waals surface area contributed by atoms with E-state index >= 15 is 0 Å². The third-order valence-electron chi connectivity index (χ3n) is 3.18. The molecule has 0 aliphatic heterocycles. The first kappa shape index (κ1) is 12.6. The molecule has 2 N–H and O–H groups in total. The maximum absolute atomic E-state index is 11.8. The average molecular weight is 251 g/mol. The largest absolute Gasteiger partial charge is 0.352 e. The highest BCUT2D eigenvalue weighted by Gasteiger charge is 2.15. The summed E-state index contributed by atoms with van der Waals surface area (Å²) in [4.78, 5) is 36.1. The van der Waals surface area contributed by atoms with Crippen molar-refractivity contribution in [3.63, 3.8) is 0 Å². The van der Waals surface area contributed by atoms with Gasteiger partial charge in [-0.05, 0) is 12.8 Å². The number of amides is 1. The van der Waals surface area contributed by atoms with Crippen molar-refractivity contribution in [2.45, 2.75) is 44.7 Å². The van der Waals surface area contributed by atoms with Gasteiger partial charge in [0.25, 0.3) is 5.56 Å². The van der Waals surface area contributed by atoms with Crippen LogP contribution in [0.4, 0.5) is 0 Å². The Morgan fingerprint density at radius 1 is 1.33 bits per heavy atom. The molecule has 0 spiro atoms. The molecule has 0 bridgehead atoms. The van der Waals surface area contributed by atoms with E-state index in [-0.39, 0.29) is 18.5 Å². The lowest BCUT2D eigenvalue weighted by Crippen LogP contribution is -2.40. The fourth-order valence-electron chi connectivity index (χ4n) is 2.24. The summed E-state index contributed by atoms with van der Waals surface area (Å²) < 4.78 is 1.19. The predicted octanol–water partition coefficient (Wildman–Crippen LogP) is -0.0145. The Bertz CT molecular complexity index is 526. The lowest BCUT2D eigenvalue weighted by molar-refractivity contribution is -0.122. The third-order valence-corrected chi connectivity index (χ3v) is 3.18. The number of hydrogen-bond acceptors (Lipinski definition) is 3. The highest BCUT2D eigenvalue weighted by molar-refractivity contribution is 5.76. The van der Waals surface area contributed by atoms with Crippen LogP contribution in [0.2, 0.25) is 0 Å². The minimum atomic E-state index is -0.554. The number of nitrogens with one attached hydrogen (secondary N) is 2. The Kier molecular flexibility index (Phi) is 3.96. The molecule has 1 saturated carbocycles. The number of aromatic amines is 1. The van der Waals surface area contributed by atoms with E-state index in [0.717, 1.165) is 25.7 Å². The van der Waals surface area contributed by atoms with E-state index < -0.39 is 11.2 Å². The van der Waals surface area contributed by atoms with Crippen LogP contribution in [0.15, 0.2) is 21.9 Å². The van der Waals surface area contributed by atoms with Crippen LogP contribution in [-0.2, 0) is 11.3 Å². The molecule has 1 aromatic rings. The molecule has 6 nitrogen and oxygen atoms in total. The van der Waals surface area contributed by atoms with Gasteiger partial charge in [0, 0.05) is 18.3 Å². The van der Waals surface area contributed by atoms with Crippen molar-refractivity contribution in [2.24, 2.45) is 0 Å². The van der Waals surface area contributed by atoms with Crippen molar-refractivity contribution < 1.29 is 4.79 Å². The van der Waals surface area contributed by atoms with Crippen molar-refractivity contribution >= 4 is 5.91 Å². The van der Waals surface area contributed by atoms with Gasteiger partial charge in [-0.3, -0.25) is 19.1 Å². The second-order valence-corrected chi connectivity index (χ2v) is 4.64. The van der Waals surface area contributed by atoms with E-state index in [9.17, 15) is 14.4 Å². The van der Waals surface area contributed by atoms with Gasteiger partial charge in [0.05, 0.1) is 0 Å². The van der Waals surface area contributed by atoms with E-state index in [0.29, 0.717) is 0 Å². The Hall–Kier alpha value is -1.85. The van der Waals surface area contributed by atoms with Crippen LogP contribution in [0.5, 0.6) is 0 Å². The molecule has 0 atom stereocenters. The predicted molar refractivity (Wildman–Crippen MR) is 66.3 cm³/mol. The van der Waals surface area contributed by atoms with Gasteiger partial charge in [0.1, 0.15) is 6.54 Å². The van der Waals surface area contributed by atoms with Crippen LogP contribution in [0.1, 0.15) is 32.1 Å². The molecule has 98 valence electrons. The summed E-state index contributed by atoms with van der Waals surface area (Å²) in [6, 6.07) is 1.46. The normalized spacial score (nSPS) is 16.4. The van der Waals surface area contributed by atoms with E-state index in [4.69, 9.17) is 0 Å². The number of aromatic nitrogens is 2. The van der Waals surface area contributed by atoms with Crippen molar-refractivity contribution in [2.75, 3.05) is 0 Å². The number of H-pyrrole nitrogens is 1. The van der Waals surface area contributed by atoms with Gasteiger partial charge in [-0.25, -0.2) is 4.79 Å². The standard InChI is InChI=1S/C12H17N3O3/c16-10-6-7-15(12(18)14-10)8-11(17)13-9-4-2-1-3-5-9/h6-7,9H,1-5,8H2,(H,13,17)(H,14,16,18). The molecule has 1 aliphatic rings. The second-order valence-electron chi connectivity index (χ2n) is 4.64. The molecule has 1 heterocycles. The van der Waals surface area contributed by atoms with Crippen LogP contribution in [-0.4, -0.2) is 21.5 Å². The van der Waals surface area contributed by atoms with Crippen molar-refractivity contribution in [1.29, 1.82) is 0 Å². The van der Waals surface area contributed by atoms with Crippen molar-refractivity contribution in [3.8, 4) is 0 Å². The first-order chi connectivity index (χ1) is 8.65. The molecule has 18 heavy (non-hydrogen) atoms. The smallest absolute Gasteiger partial charge is 0.328 e. The van der Waals surface area contributed by atoms with Crippen molar-refractivity contribution in [1.82, 2.24) is 14.9 Å².